The van der Waals surface area contributed by atoms with Crippen molar-refractivity contribution in [2.24, 2.45) is 5.73 Å². The van der Waals surface area contributed by atoms with E-state index in [2.05, 4.69) is 24.3 Å². The highest BCUT2D eigenvalue weighted by molar-refractivity contribution is 5.27. The van der Waals surface area contributed by atoms with Gasteiger partial charge in [0.1, 0.15) is 11.9 Å². The molecule has 1 aromatic rings. The molecule has 2 aliphatic heterocycles. The highest BCUT2D eigenvalue weighted by Crippen LogP contribution is 2.35. The van der Waals surface area contributed by atoms with E-state index in [0.29, 0.717) is 6.54 Å². The third-order valence-electron chi connectivity index (χ3n) is 4.51. The van der Waals surface area contributed by atoms with Gasteiger partial charge in [-0.25, -0.2) is 0 Å². The molecule has 1 aromatic carbocycles. The molecule has 1 spiro atoms. The zero-order chi connectivity index (χ0) is 14.5. The molecular formula is C17H25NO3. The Bertz CT molecular complexity index is 434. The molecule has 1 unspecified atom stereocenters. The van der Waals surface area contributed by atoms with Crippen molar-refractivity contribution in [3.8, 4) is 5.75 Å². The van der Waals surface area contributed by atoms with Gasteiger partial charge in [-0.1, -0.05) is 12.1 Å². The second-order valence-corrected chi connectivity index (χ2v) is 6.06. The van der Waals surface area contributed by atoms with Gasteiger partial charge in [0.05, 0.1) is 12.2 Å². The summed E-state index contributed by atoms with van der Waals surface area (Å²) in [5.41, 5.74) is 6.82. The molecule has 2 fully saturated rings. The summed E-state index contributed by atoms with van der Waals surface area (Å²) in [7, 11) is 0. The predicted molar refractivity (Wildman–Crippen MR) is 81.6 cm³/mol. The Morgan fingerprint density at radius 3 is 2.62 bits per heavy atom. The minimum Gasteiger partial charge on any atom is -0.490 e. The van der Waals surface area contributed by atoms with Crippen LogP contribution in [0.4, 0.5) is 0 Å². The predicted octanol–water partition coefficient (Wildman–Crippen LogP) is 2.29. The third-order valence-corrected chi connectivity index (χ3v) is 4.51. The average Bonchev–Trinajstić information content (AvgIpc) is 2.50. The van der Waals surface area contributed by atoms with Crippen molar-refractivity contribution in [3.63, 3.8) is 0 Å². The molecule has 0 amide bonds. The van der Waals surface area contributed by atoms with E-state index in [1.165, 1.54) is 5.56 Å². The first-order valence-electron chi connectivity index (χ1n) is 7.97. The van der Waals surface area contributed by atoms with E-state index >= 15 is 0 Å². The fraction of sp³-hybridized carbons (Fsp3) is 0.647. The van der Waals surface area contributed by atoms with Gasteiger partial charge in [0.15, 0.2) is 0 Å². The van der Waals surface area contributed by atoms with Crippen LogP contribution in [-0.4, -0.2) is 38.1 Å². The van der Waals surface area contributed by atoms with Gasteiger partial charge in [-0.2, -0.15) is 0 Å². The zero-order valence-corrected chi connectivity index (χ0v) is 12.6. The number of rotatable bonds is 4. The maximum absolute atomic E-state index is 6.16. The standard InChI is InChI=1S/C17H25NO3/c18-9-5-14-1-3-15(4-2-14)21-16-6-10-20-17(13-16)7-11-19-12-8-17/h1-4,16H,5-13,18H2. The first-order chi connectivity index (χ1) is 10.3. The van der Waals surface area contributed by atoms with Crippen molar-refractivity contribution >= 4 is 0 Å². The van der Waals surface area contributed by atoms with Crippen LogP contribution in [0.25, 0.3) is 0 Å². The van der Waals surface area contributed by atoms with Crippen LogP contribution in [0.5, 0.6) is 5.75 Å². The molecule has 2 saturated heterocycles. The summed E-state index contributed by atoms with van der Waals surface area (Å²) in [6, 6.07) is 8.31. The maximum atomic E-state index is 6.16. The molecule has 2 N–H and O–H groups in total. The molecule has 2 aliphatic rings. The van der Waals surface area contributed by atoms with Gasteiger partial charge in [0.2, 0.25) is 0 Å². The number of nitrogens with two attached hydrogens (primary N) is 1. The molecule has 4 nitrogen and oxygen atoms in total. The van der Waals surface area contributed by atoms with Gasteiger partial charge in [0, 0.05) is 26.1 Å². The SMILES string of the molecule is NCCc1ccc(OC2CCOC3(CCOCC3)C2)cc1. The van der Waals surface area contributed by atoms with E-state index in [1.807, 2.05) is 0 Å². The summed E-state index contributed by atoms with van der Waals surface area (Å²) in [5.74, 6) is 0.949. The molecule has 0 radical (unpaired) electrons. The molecule has 3 rings (SSSR count). The lowest BCUT2D eigenvalue weighted by Gasteiger charge is -2.43. The molecule has 0 bridgehead atoms. The van der Waals surface area contributed by atoms with Crippen LogP contribution in [0.3, 0.4) is 0 Å². The first-order valence-corrected chi connectivity index (χ1v) is 7.97. The highest BCUT2D eigenvalue weighted by Gasteiger charge is 2.39. The largest absolute Gasteiger partial charge is 0.490 e. The zero-order valence-electron chi connectivity index (χ0n) is 12.6. The van der Waals surface area contributed by atoms with Crippen LogP contribution < -0.4 is 10.5 Å². The van der Waals surface area contributed by atoms with E-state index in [1.54, 1.807) is 0 Å². The second-order valence-electron chi connectivity index (χ2n) is 6.06. The normalized spacial score (nSPS) is 24.9. The summed E-state index contributed by atoms with van der Waals surface area (Å²) in [5, 5.41) is 0. The van der Waals surface area contributed by atoms with E-state index in [0.717, 1.165) is 57.7 Å². The number of benzene rings is 1. The molecule has 4 heteroatoms. The topological polar surface area (TPSA) is 53.7 Å². The molecule has 21 heavy (non-hydrogen) atoms. The highest BCUT2D eigenvalue weighted by atomic mass is 16.5. The Morgan fingerprint density at radius 1 is 1.14 bits per heavy atom. The number of ether oxygens (including phenoxy) is 3. The van der Waals surface area contributed by atoms with Gasteiger partial charge in [-0.3, -0.25) is 0 Å². The second kappa shape index (κ2) is 6.77. The van der Waals surface area contributed by atoms with Crippen LogP contribution in [0.1, 0.15) is 31.2 Å². The van der Waals surface area contributed by atoms with E-state index in [9.17, 15) is 0 Å². The van der Waals surface area contributed by atoms with Gasteiger partial charge in [-0.15, -0.1) is 0 Å². The van der Waals surface area contributed by atoms with Crippen molar-refractivity contribution < 1.29 is 14.2 Å². The van der Waals surface area contributed by atoms with Crippen molar-refractivity contribution in [1.82, 2.24) is 0 Å². The van der Waals surface area contributed by atoms with Crippen molar-refractivity contribution in [1.29, 1.82) is 0 Å². The van der Waals surface area contributed by atoms with Crippen LogP contribution in [0, 0.1) is 0 Å². The van der Waals surface area contributed by atoms with Crippen molar-refractivity contribution in [2.45, 2.75) is 43.8 Å². The van der Waals surface area contributed by atoms with Gasteiger partial charge >= 0.3 is 0 Å². The van der Waals surface area contributed by atoms with E-state index < -0.39 is 0 Å². The summed E-state index contributed by atoms with van der Waals surface area (Å²) in [4.78, 5) is 0. The Morgan fingerprint density at radius 2 is 1.90 bits per heavy atom. The van der Waals surface area contributed by atoms with Crippen LogP contribution >= 0.6 is 0 Å². The van der Waals surface area contributed by atoms with E-state index in [-0.39, 0.29) is 11.7 Å². The van der Waals surface area contributed by atoms with Crippen molar-refractivity contribution in [3.05, 3.63) is 29.8 Å². The van der Waals surface area contributed by atoms with Gasteiger partial charge in [0.25, 0.3) is 0 Å². The Labute approximate surface area is 126 Å². The molecule has 0 aliphatic carbocycles. The fourth-order valence-electron chi connectivity index (χ4n) is 3.27. The molecular weight excluding hydrogens is 266 g/mol. The number of hydrogen-bond acceptors (Lipinski definition) is 4. The Balaban J connectivity index is 1.59. The lowest BCUT2D eigenvalue weighted by molar-refractivity contribution is -0.155. The Kier molecular flexibility index (Phi) is 4.78. The van der Waals surface area contributed by atoms with Crippen LogP contribution in [0.15, 0.2) is 24.3 Å². The maximum Gasteiger partial charge on any atom is 0.119 e. The molecule has 1 atom stereocenters. The average molecular weight is 291 g/mol. The van der Waals surface area contributed by atoms with E-state index in [4.69, 9.17) is 19.9 Å². The third kappa shape index (κ3) is 3.76. The minimum atomic E-state index is -0.0132. The summed E-state index contributed by atoms with van der Waals surface area (Å²) in [6.45, 7) is 3.09. The quantitative estimate of drug-likeness (QED) is 0.925. The first kappa shape index (κ1) is 14.8. The lowest BCUT2D eigenvalue weighted by Crippen LogP contribution is -2.47. The molecule has 0 aromatic heterocycles. The van der Waals surface area contributed by atoms with Gasteiger partial charge < -0.3 is 19.9 Å². The molecule has 0 saturated carbocycles. The fourth-order valence-corrected chi connectivity index (χ4v) is 3.27. The number of hydrogen-bond donors (Lipinski definition) is 1. The smallest absolute Gasteiger partial charge is 0.119 e. The van der Waals surface area contributed by atoms with Gasteiger partial charge in [-0.05, 0) is 43.5 Å². The molecule has 116 valence electrons. The van der Waals surface area contributed by atoms with Crippen LogP contribution in [0.2, 0.25) is 0 Å². The summed E-state index contributed by atoms with van der Waals surface area (Å²) < 4.78 is 17.7. The van der Waals surface area contributed by atoms with Crippen molar-refractivity contribution in [2.75, 3.05) is 26.4 Å². The minimum absolute atomic E-state index is 0.0132. The summed E-state index contributed by atoms with van der Waals surface area (Å²) >= 11 is 0. The monoisotopic (exact) mass is 291 g/mol. The lowest BCUT2D eigenvalue weighted by atomic mass is 9.85. The summed E-state index contributed by atoms with van der Waals surface area (Å²) in [6.07, 6.45) is 5.08. The Hall–Kier alpha value is -1.10. The molecule has 2 heterocycles. The van der Waals surface area contributed by atoms with Crippen LogP contribution in [-0.2, 0) is 15.9 Å².